The highest BCUT2D eigenvalue weighted by molar-refractivity contribution is 7.17. The van der Waals surface area contributed by atoms with Crippen molar-refractivity contribution in [2.75, 3.05) is 38.6 Å². The molecule has 0 radical (unpaired) electrons. The molecule has 0 saturated heterocycles. The van der Waals surface area contributed by atoms with Gasteiger partial charge in [0.25, 0.3) is 0 Å². The molecule has 0 fully saturated rings. The van der Waals surface area contributed by atoms with E-state index in [9.17, 15) is 0 Å². The molecule has 104 valence electrons. The van der Waals surface area contributed by atoms with Crippen LogP contribution in [0.3, 0.4) is 0 Å². The number of thiophene rings is 1. The zero-order valence-electron chi connectivity index (χ0n) is 11.6. The van der Waals surface area contributed by atoms with Crippen LogP contribution in [-0.2, 0) is 0 Å². The Hall–Kier alpha value is -0.910. The Balaban J connectivity index is 2.34. The maximum absolute atomic E-state index is 6.03. The topological polar surface area (TPSA) is 32.3 Å². The molecule has 4 nitrogen and oxygen atoms in total. The molecule has 2 heterocycles. The molecule has 0 bridgehead atoms. The van der Waals surface area contributed by atoms with Crippen LogP contribution in [0.2, 0.25) is 5.28 Å². The number of aromatic nitrogens is 2. The number of nitrogens with zero attached hydrogens (tertiary/aromatic N) is 4. The van der Waals surface area contributed by atoms with Crippen molar-refractivity contribution in [1.82, 2.24) is 14.9 Å². The van der Waals surface area contributed by atoms with E-state index in [0.717, 1.165) is 42.1 Å². The van der Waals surface area contributed by atoms with Gasteiger partial charge in [-0.2, -0.15) is 4.98 Å². The second-order valence-corrected chi connectivity index (χ2v) is 6.00. The van der Waals surface area contributed by atoms with E-state index in [4.69, 9.17) is 11.6 Å². The summed E-state index contributed by atoms with van der Waals surface area (Å²) in [4.78, 5) is 13.2. The van der Waals surface area contributed by atoms with Crippen LogP contribution in [0.4, 0.5) is 5.82 Å². The second-order valence-electron chi connectivity index (χ2n) is 4.74. The largest absolute Gasteiger partial charge is 0.354 e. The normalized spacial score (nSPS) is 11.4. The summed E-state index contributed by atoms with van der Waals surface area (Å²) in [6, 6.07) is 1.99. The summed E-state index contributed by atoms with van der Waals surface area (Å²) in [6.07, 6.45) is 1.09. The molecule has 2 rings (SSSR count). The number of hydrogen-bond acceptors (Lipinski definition) is 5. The average Bonchev–Trinajstić information content (AvgIpc) is 2.81. The SMILES string of the molecule is CCCN(CCN(C)C)c1nc(Cl)nc2ccsc12. The van der Waals surface area contributed by atoms with Crippen molar-refractivity contribution in [2.24, 2.45) is 0 Å². The van der Waals surface area contributed by atoms with Crippen molar-refractivity contribution in [3.63, 3.8) is 0 Å². The molecule has 0 aliphatic rings. The molecule has 2 aromatic rings. The zero-order chi connectivity index (χ0) is 13.8. The standard InChI is InChI=1S/C13H19ClN4S/c1-4-6-18(8-7-17(2)3)12-11-10(5-9-19-11)15-13(14)16-12/h5,9H,4,6-8H2,1-3H3. The Morgan fingerprint density at radius 2 is 2.00 bits per heavy atom. The molecule has 2 aromatic heterocycles. The average molecular weight is 299 g/mol. The summed E-state index contributed by atoms with van der Waals surface area (Å²) in [6.45, 7) is 5.10. The summed E-state index contributed by atoms with van der Waals surface area (Å²) in [5.41, 5.74) is 0.936. The van der Waals surface area contributed by atoms with Crippen LogP contribution < -0.4 is 4.90 Å². The van der Waals surface area contributed by atoms with Crippen molar-refractivity contribution >= 4 is 39.0 Å². The molecule has 19 heavy (non-hydrogen) atoms. The van der Waals surface area contributed by atoms with E-state index in [2.05, 4.69) is 40.8 Å². The lowest BCUT2D eigenvalue weighted by Crippen LogP contribution is -2.33. The van der Waals surface area contributed by atoms with Gasteiger partial charge in [-0.25, -0.2) is 4.98 Å². The molecule has 0 spiro atoms. The van der Waals surface area contributed by atoms with Gasteiger partial charge in [-0.3, -0.25) is 0 Å². The first-order chi connectivity index (χ1) is 9.11. The summed E-state index contributed by atoms with van der Waals surface area (Å²) in [7, 11) is 4.16. The number of anilines is 1. The van der Waals surface area contributed by atoms with Crippen LogP contribution in [0.1, 0.15) is 13.3 Å². The van der Waals surface area contributed by atoms with Gasteiger partial charge in [0.15, 0.2) is 5.82 Å². The van der Waals surface area contributed by atoms with Crippen molar-refractivity contribution in [3.8, 4) is 0 Å². The number of likely N-dealkylation sites (N-methyl/N-ethyl adjacent to an activating group) is 1. The van der Waals surface area contributed by atoms with Gasteiger partial charge in [0.05, 0.1) is 10.2 Å². The lowest BCUT2D eigenvalue weighted by Gasteiger charge is -2.25. The van der Waals surface area contributed by atoms with Crippen molar-refractivity contribution < 1.29 is 0 Å². The lowest BCUT2D eigenvalue weighted by atomic mass is 10.3. The van der Waals surface area contributed by atoms with E-state index < -0.39 is 0 Å². The van der Waals surface area contributed by atoms with E-state index in [1.54, 1.807) is 11.3 Å². The molecular weight excluding hydrogens is 280 g/mol. The quantitative estimate of drug-likeness (QED) is 0.767. The van der Waals surface area contributed by atoms with Gasteiger partial charge >= 0.3 is 0 Å². The summed E-state index contributed by atoms with van der Waals surface area (Å²) >= 11 is 7.71. The summed E-state index contributed by atoms with van der Waals surface area (Å²) in [5.74, 6) is 0.966. The Labute approximate surface area is 123 Å². The Morgan fingerprint density at radius 1 is 1.21 bits per heavy atom. The fraction of sp³-hybridized carbons (Fsp3) is 0.538. The second kappa shape index (κ2) is 6.50. The molecule has 0 aliphatic carbocycles. The Morgan fingerprint density at radius 3 is 2.68 bits per heavy atom. The minimum Gasteiger partial charge on any atom is -0.354 e. The van der Waals surface area contributed by atoms with Crippen molar-refractivity contribution in [2.45, 2.75) is 13.3 Å². The number of rotatable bonds is 6. The highest BCUT2D eigenvalue weighted by atomic mass is 35.5. The van der Waals surface area contributed by atoms with E-state index in [-0.39, 0.29) is 0 Å². The number of halogens is 1. The first-order valence-corrected chi connectivity index (χ1v) is 7.68. The van der Waals surface area contributed by atoms with Crippen LogP contribution >= 0.6 is 22.9 Å². The smallest absolute Gasteiger partial charge is 0.224 e. The van der Waals surface area contributed by atoms with Crippen LogP contribution in [0.25, 0.3) is 10.2 Å². The molecule has 0 aliphatic heterocycles. The number of fused-ring (bicyclic) bond motifs is 1. The molecule has 0 amide bonds. The molecule has 0 atom stereocenters. The van der Waals surface area contributed by atoms with Crippen molar-refractivity contribution in [1.29, 1.82) is 0 Å². The number of hydrogen-bond donors (Lipinski definition) is 0. The van der Waals surface area contributed by atoms with Gasteiger partial charge in [0.2, 0.25) is 5.28 Å². The molecule has 6 heteroatoms. The minimum absolute atomic E-state index is 0.326. The summed E-state index contributed by atoms with van der Waals surface area (Å²) < 4.78 is 1.12. The van der Waals surface area contributed by atoms with E-state index in [1.807, 2.05) is 11.4 Å². The molecular formula is C13H19ClN4S. The predicted octanol–water partition coefficient (Wildman–Crippen LogP) is 3.12. The fourth-order valence-electron chi connectivity index (χ4n) is 1.95. The Kier molecular flexibility index (Phi) is 4.96. The predicted molar refractivity (Wildman–Crippen MR) is 83.5 cm³/mol. The summed E-state index contributed by atoms with van der Waals surface area (Å²) in [5, 5.41) is 2.36. The minimum atomic E-state index is 0.326. The molecule has 0 saturated carbocycles. The Bertz CT molecular complexity index is 540. The third-order valence-corrected chi connectivity index (χ3v) is 3.94. The maximum Gasteiger partial charge on any atom is 0.224 e. The lowest BCUT2D eigenvalue weighted by molar-refractivity contribution is 0.412. The highest BCUT2D eigenvalue weighted by Gasteiger charge is 2.14. The van der Waals surface area contributed by atoms with Crippen LogP contribution in [0.15, 0.2) is 11.4 Å². The molecule has 0 N–H and O–H groups in total. The highest BCUT2D eigenvalue weighted by Crippen LogP contribution is 2.30. The van der Waals surface area contributed by atoms with Gasteiger partial charge in [-0.1, -0.05) is 6.92 Å². The zero-order valence-corrected chi connectivity index (χ0v) is 13.1. The van der Waals surface area contributed by atoms with Gasteiger partial charge in [0.1, 0.15) is 0 Å². The van der Waals surface area contributed by atoms with Gasteiger partial charge in [0, 0.05) is 19.6 Å². The maximum atomic E-state index is 6.03. The van der Waals surface area contributed by atoms with Gasteiger partial charge in [-0.15, -0.1) is 11.3 Å². The third kappa shape index (κ3) is 3.55. The van der Waals surface area contributed by atoms with Crippen molar-refractivity contribution in [3.05, 3.63) is 16.7 Å². The van der Waals surface area contributed by atoms with Crippen LogP contribution in [-0.4, -0.2) is 48.6 Å². The van der Waals surface area contributed by atoms with Gasteiger partial charge < -0.3 is 9.80 Å². The van der Waals surface area contributed by atoms with E-state index in [1.165, 1.54) is 0 Å². The fourth-order valence-corrected chi connectivity index (χ4v) is 2.97. The van der Waals surface area contributed by atoms with E-state index in [0.29, 0.717) is 5.28 Å². The monoisotopic (exact) mass is 298 g/mol. The van der Waals surface area contributed by atoms with Crippen LogP contribution in [0, 0.1) is 0 Å². The molecule has 0 unspecified atom stereocenters. The van der Waals surface area contributed by atoms with Crippen LogP contribution in [0.5, 0.6) is 0 Å². The first-order valence-electron chi connectivity index (χ1n) is 6.42. The first kappa shape index (κ1) is 14.5. The van der Waals surface area contributed by atoms with Gasteiger partial charge in [-0.05, 0) is 43.6 Å². The van der Waals surface area contributed by atoms with E-state index >= 15 is 0 Å². The molecule has 0 aromatic carbocycles. The third-order valence-electron chi connectivity index (χ3n) is 2.87.